The Morgan fingerprint density at radius 2 is 2.16 bits per heavy atom. The lowest BCUT2D eigenvalue weighted by Crippen LogP contribution is -2.32. The van der Waals surface area contributed by atoms with Crippen LogP contribution in [0.15, 0.2) is 29.8 Å². The number of hydrogen-bond donors (Lipinski definition) is 3. The molecular weight excluding hydrogens is 285 g/mol. The van der Waals surface area contributed by atoms with Crippen molar-refractivity contribution in [2.24, 2.45) is 0 Å². The molecule has 1 aromatic carbocycles. The minimum Gasteiger partial charge on any atom is -0.334 e. The van der Waals surface area contributed by atoms with E-state index in [-0.39, 0.29) is 6.03 Å². The van der Waals surface area contributed by atoms with E-state index in [4.69, 9.17) is 23.2 Å². The van der Waals surface area contributed by atoms with Crippen LogP contribution in [0.4, 0.5) is 10.5 Å². The molecule has 0 atom stereocenters. The van der Waals surface area contributed by atoms with Gasteiger partial charge in [-0.2, -0.15) is 0 Å². The zero-order valence-corrected chi connectivity index (χ0v) is 11.8. The van der Waals surface area contributed by atoms with E-state index in [0.29, 0.717) is 22.3 Å². The van der Waals surface area contributed by atoms with Crippen LogP contribution in [0.3, 0.4) is 0 Å². The Kier molecular flexibility index (Phi) is 5.07. The average Bonchev–Trinajstić information content (AvgIpc) is 2.42. The van der Waals surface area contributed by atoms with Crippen molar-refractivity contribution in [1.29, 1.82) is 0 Å². The Balaban J connectivity index is 1.83. The van der Waals surface area contributed by atoms with Crippen molar-refractivity contribution in [2.75, 3.05) is 25.0 Å². The van der Waals surface area contributed by atoms with Gasteiger partial charge in [-0.3, -0.25) is 0 Å². The highest BCUT2D eigenvalue weighted by Gasteiger charge is 2.06. The normalized spacial score (nSPS) is 14.7. The summed E-state index contributed by atoms with van der Waals surface area (Å²) in [4.78, 5) is 11.7. The van der Waals surface area contributed by atoms with E-state index in [1.807, 2.05) is 0 Å². The molecule has 4 nitrogen and oxygen atoms in total. The van der Waals surface area contributed by atoms with Crippen LogP contribution >= 0.6 is 23.2 Å². The number of carbonyl (C=O) groups is 1. The molecule has 6 heteroatoms. The zero-order valence-electron chi connectivity index (χ0n) is 10.3. The fourth-order valence-corrected chi connectivity index (χ4v) is 2.07. The van der Waals surface area contributed by atoms with Crippen molar-refractivity contribution >= 4 is 34.9 Å². The van der Waals surface area contributed by atoms with Crippen molar-refractivity contribution in [1.82, 2.24) is 10.6 Å². The Morgan fingerprint density at radius 3 is 2.84 bits per heavy atom. The number of urea groups is 1. The number of anilines is 1. The van der Waals surface area contributed by atoms with E-state index >= 15 is 0 Å². The molecule has 0 aromatic heterocycles. The molecule has 0 saturated carbocycles. The lowest BCUT2D eigenvalue weighted by atomic mass is 10.1. The van der Waals surface area contributed by atoms with Crippen LogP contribution in [0.2, 0.25) is 10.0 Å². The van der Waals surface area contributed by atoms with E-state index in [9.17, 15) is 4.79 Å². The molecule has 1 heterocycles. The van der Waals surface area contributed by atoms with Gasteiger partial charge in [0.05, 0.1) is 10.0 Å². The summed E-state index contributed by atoms with van der Waals surface area (Å²) in [5.74, 6) is 0. The van der Waals surface area contributed by atoms with Crippen LogP contribution in [-0.2, 0) is 0 Å². The lowest BCUT2D eigenvalue weighted by molar-refractivity contribution is 0.252. The van der Waals surface area contributed by atoms with Gasteiger partial charge in [0.25, 0.3) is 0 Å². The monoisotopic (exact) mass is 299 g/mol. The minimum absolute atomic E-state index is 0.252. The second-order valence-electron chi connectivity index (χ2n) is 4.25. The van der Waals surface area contributed by atoms with Gasteiger partial charge in [0.15, 0.2) is 0 Å². The van der Waals surface area contributed by atoms with Gasteiger partial charge in [-0.15, -0.1) is 0 Å². The Labute approximate surface area is 122 Å². The summed E-state index contributed by atoms with van der Waals surface area (Å²) in [6, 6.07) is 4.72. The van der Waals surface area contributed by atoms with Crippen molar-refractivity contribution in [3.8, 4) is 0 Å². The van der Waals surface area contributed by atoms with Gasteiger partial charge >= 0.3 is 6.03 Å². The first kappa shape index (κ1) is 14.2. The molecule has 0 saturated heterocycles. The van der Waals surface area contributed by atoms with E-state index < -0.39 is 0 Å². The van der Waals surface area contributed by atoms with Crippen LogP contribution < -0.4 is 16.0 Å². The van der Waals surface area contributed by atoms with Gasteiger partial charge < -0.3 is 16.0 Å². The minimum atomic E-state index is -0.252. The van der Waals surface area contributed by atoms with Gasteiger partial charge in [-0.05, 0) is 31.2 Å². The molecule has 0 bridgehead atoms. The predicted octanol–water partition coefficient (Wildman–Crippen LogP) is 3.03. The smallest absolute Gasteiger partial charge is 0.319 e. The molecule has 102 valence electrons. The van der Waals surface area contributed by atoms with Crippen LogP contribution in [0.25, 0.3) is 0 Å². The van der Waals surface area contributed by atoms with Gasteiger partial charge in [-0.25, -0.2) is 4.79 Å². The number of rotatable bonds is 3. The molecule has 19 heavy (non-hydrogen) atoms. The first-order chi connectivity index (χ1) is 9.15. The molecule has 1 aliphatic heterocycles. The first-order valence-corrected chi connectivity index (χ1v) is 6.79. The molecule has 3 N–H and O–H groups in total. The van der Waals surface area contributed by atoms with E-state index in [2.05, 4.69) is 22.0 Å². The average molecular weight is 300 g/mol. The second-order valence-corrected chi connectivity index (χ2v) is 5.07. The molecule has 0 radical (unpaired) electrons. The highest BCUT2D eigenvalue weighted by Crippen LogP contribution is 2.24. The summed E-state index contributed by atoms with van der Waals surface area (Å²) in [6.45, 7) is 2.39. The second kappa shape index (κ2) is 6.80. The van der Waals surface area contributed by atoms with Gasteiger partial charge in [0.1, 0.15) is 0 Å². The summed E-state index contributed by atoms with van der Waals surface area (Å²) < 4.78 is 0. The van der Waals surface area contributed by atoms with Crippen LogP contribution in [0.1, 0.15) is 6.42 Å². The Bertz CT molecular complexity index is 503. The maximum Gasteiger partial charge on any atom is 0.319 e. The number of amides is 2. The Hall–Kier alpha value is -1.23. The molecular formula is C13H15Cl2N3O. The number of nitrogens with one attached hydrogen (secondary N) is 3. The highest BCUT2D eigenvalue weighted by molar-refractivity contribution is 6.42. The molecule has 0 unspecified atom stereocenters. The van der Waals surface area contributed by atoms with E-state index in [1.54, 1.807) is 18.2 Å². The highest BCUT2D eigenvalue weighted by atomic mass is 35.5. The zero-order chi connectivity index (χ0) is 13.7. The van der Waals surface area contributed by atoms with Crippen LogP contribution in [0, 0.1) is 0 Å². The summed E-state index contributed by atoms with van der Waals surface area (Å²) in [5, 5.41) is 9.63. The van der Waals surface area contributed by atoms with Gasteiger partial charge in [-0.1, -0.05) is 34.9 Å². The van der Waals surface area contributed by atoms with Crippen molar-refractivity contribution in [3.63, 3.8) is 0 Å². The van der Waals surface area contributed by atoms with Crippen LogP contribution in [-0.4, -0.2) is 25.7 Å². The summed E-state index contributed by atoms with van der Waals surface area (Å²) in [5.41, 5.74) is 1.86. The Morgan fingerprint density at radius 1 is 1.32 bits per heavy atom. The summed E-state index contributed by atoms with van der Waals surface area (Å²) in [7, 11) is 0. The standard InChI is InChI=1S/C13H15Cl2N3O/c14-11-2-1-10(7-12(11)15)18-13(19)17-8-9-3-5-16-6-4-9/h1-3,7,16H,4-6,8H2,(H2,17,18,19). The predicted molar refractivity (Wildman–Crippen MR) is 79.1 cm³/mol. The molecule has 0 aliphatic carbocycles. The third-order valence-electron chi connectivity index (χ3n) is 2.81. The van der Waals surface area contributed by atoms with Crippen molar-refractivity contribution in [2.45, 2.75) is 6.42 Å². The quantitative estimate of drug-likeness (QED) is 0.752. The van der Waals surface area contributed by atoms with Gasteiger partial charge in [0, 0.05) is 18.8 Å². The van der Waals surface area contributed by atoms with E-state index in [1.165, 1.54) is 5.57 Å². The number of halogens is 2. The third-order valence-corrected chi connectivity index (χ3v) is 3.55. The SMILES string of the molecule is O=C(NCC1=CCNCC1)Nc1ccc(Cl)c(Cl)c1. The van der Waals surface area contributed by atoms with E-state index in [0.717, 1.165) is 19.5 Å². The lowest BCUT2D eigenvalue weighted by Gasteiger charge is -2.15. The largest absolute Gasteiger partial charge is 0.334 e. The van der Waals surface area contributed by atoms with Crippen LogP contribution in [0.5, 0.6) is 0 Å². The molecule has 1 aromatic rings. The topological polar surface area (TPSA) is 53.2 Å². The number of carbonyl (C=O) groups excluding carboxylic acids is 1. The number of hydrogen-bond acceptors (Lipinski definition) is 2. The molecule has 2 rings (SSSR count). The molecule has 1 aliphatic rings. The number of benzene rings is 1. The summed E-state index contributed by atoms with van der Waals surface area (Å²) in [6.07, 6.45) is 3.07. The fourth-order valence-electron chi connectivity index (χ4n) is 1.77. The molecule has 2 amide bonds. The van der Waals surface area contributed by atoms with Crippen molar-refractivity contribution < 1.29 is 4.79 Å². The maximum atomic E-state index is 11.7. The first-order valence-electron chi connectivity index (χ1n) is 6.03. The molecule has 0 fully saturated rings. The summed E-state index contributed by atoms with van der Waals surface area (Å²) >= 11 is 11.7. The third kappa shape index (κ3) is 4.42. The fraction of sp³-hybridized carbons (Fsp3) is 0.308. The van der Waals surface area contributed by atoms with Gasteiger partial charge in [0.2, 0.25) is 0 Å². The van der Waals surface area contributed by atoms with Crippen molar-refractivity contribution in [3.05, 3.63) is 39.9 Å². The maximum absolute atomic E-state index is 11.7. The molecule has 0 spiro atoms.